The molecule has 1 N–H and O–H groups in total. The quantitative estimate of drug-likeness (QED) is 0.881. The van der Waals surface area contributed by atoms with Gasteiger partial charge in [0.2, 0.25) is 0 Å². The number of ether oxygens (including phenoxy) is 1. The summed E-state index contributed by atoms with van der Waals surface area (Å²) in [5.74, 6) is 0. The third-order valence-electron chi connectivity index (χ3n) is 2.99. The Kier molecular flexibility index (Phi) is 4.72. The average molecular weight is 256 g/mol. The van der Waals surface area contributed by atoms with Gasteiger partial charge in [-0.1, -0.05) is 54.6 Å². The minimum atomic E-state index is -0.563. The highest BCUT2D eigenvalue weighted by Gasteiger charge is 2.08. The van der Waals surface area contributed by atoms with Gasteiger partial charge in [-0.2, -0.15) is 0 Å². The highest BCUT2D eigenvalue weighted by Crippen LogP contribution is 2.22. The zero-order valence-electron chi connectivity index (χ0n) is 11.4. The van der Waals surface area contributed by atoms with E-state index in [1.54, 1.807) is 0 Å². The second kappa shape index (κ2) is 6.50. The Labute approximate surface area is 114 Å². The van der Waals surface area contributed by atoms with Crippen LogP contribution in [0.5, 0.6) is 0 Å². The van der Waals surface area contributed by atoms with E-state index in [9.17, 15) is 5.11 Å². The number of benzene rings is 2. The van der Waals surface area contributed by atoms with Gasteiger partial charge in [0.1, 0.15) is 6.10 Å². The first-order valence-electron chi connectivity index (χ1n) is 6.62. The van der Waals surface area contributed by atoms with E-state index < -0.39 is 6.10 Å². The third kappa shape index (κ3) is 3.91. The smallest absolute Gasteiger partial charge is 0.102 e. The highest BCUT2D eigenvalue weighted by molar-refractivity contribution is 5.63. The third-order valence-corrected chi connectivity index (χ3v) is 2.99. The lowest BCUT2D eigenvalue weighted by atomic mass is 10.0. The van der Waals surface area contributed by atoms with E-state index >= 15 is 0 Å². The average Bonchev–Trinajstić information content (AvgIpc) is 2.46. The molecule has 1 unspecified atom stereocenters. The van der Waals surface area contributed by atoms with Crippen LogP contribution in [0.3, 0.4) is 0 Å². The lowest BCUT2D eigenvalue weighted by Crippen LogP contribution is -2.11. The normalized spacial score (nSPS) is 12.6. The molecule has 0 fully saturated rings. The molecule has 19 heavy (non-hydrogen) atoms. The van der Waals surface area contributed by atoms with Gasteiger partial charge >= 0.3 is 0 Å². The molecule has 2 rings (SSSR count). The van der Waals surface area contributed by atoms with Crippen molar-refractivity contribution in [2.45, 2.75) is 26.1 Å². The van der Waals surface area contributed by atoms with Gasteiger partial charge < -0.3 is 9.84 Å². The van der Waals surface area contributed by atoms with Crippen LogP contribution in [0.2, 0.25) is 0 Å². The summed E-state index contributed by atoms with van der Waals surface area (Å²) >= 11 is 0. The van der Waals surface area contributed by atoms with E-state index in [0.717, 1.165) is 11.1 Å². The Balaban J connectivity index is 2.06. The van der Waals surface area contributed by atoms with Crippen molar-refractivity contribution in [2.24, 2.45) is 0 Å². The minimum absolute atomic E-state index is 0.137. The van der Waals surface area contributed by atoms with E-state index in [1.807, 2.05) is 56.3 Å². The van der Waals surface area contributed by atoms with E-state index in [0.29, 0.717) is 6.61 Å². The molecule has 0 radical (unpaired) electrons. The van der Waals surface area contributed by atoms with Crippen LogP contribution in [0.25, 0.3) is 11.1 Å². The van der Waals surface area contributed by atoms with Crippen LogP contribution in [0.15, 0.2) is 54.6 Å². The molecular weight excluding hydrogens is 236 g/mol. The number of aliphatic hydroxyl groups is 1. The van der Waals surface area contributed by atoms with Gasteiger partial charge in [0, 0.05) is 0 Å². The molecule has 2 aromatic rings. The molecule has 0 aliphatic heterocycles. The molecule has 0 saturated carbocycles. The van der Waals surface area contributed by atoms with Gasteiger partial charge in [-0.3, -0.25) is 0 Å². The summed E-state index contributed by atoms with van der Waals surface area (Å²) in [7, 11) is 0. The summed E-state index contributed by atoms with van der Waals surface area (Å²) in [4.78, 5) is 0. The molecule has 2 heteroatoms. The molecule has 0 bridgehead atoms. The number of hydrogen-bond donors (Lipinski definition) is 1. The van der Waals surface area contributed by atoms with Crippen molar-refractivity contribution < 1.29 is 9.84 Å². The molecule has 0 aliphatic carbocycles. The molecule has 0 saturated heterocycles. The molecule has 0 heterocycles. The largest absolute Gasteiger partial charge is 0.386 e. The minimum Gasteiger partial charge on any atom is -0.386 e. The van der Waals surface area contributed by atoms with Crippen molar-refractivity contribution >= 4 is 0 Å². The molecule has 0 aliphatic rings. The van der Waals surface area contributed by atoms with Crippen LogP contribution < -0.4 is 0 Å². The number of hydrogen-bond acceptors (Lipinski definition) is 2. The highest BCUT2D eigenvalue weighted by atomic mass is 16.5. The maximum absolute atomic E-state index is 10.0. The van der Waals surface area contributed by atoms with E-state index in [4.69, 9.17) is 4.74 Å². The van der Waals surface area contributed by atoms with Gasteiger partial charge in [0.15, 0.2) is 0 Å². The van der Waals surface area contributed by atoms with Crippen LogP contribution in [0.1, 0.15) is 25.5 Å². The van der Waals surface area contributed by atoms with E-state index in [-0.39, 0.29) is 6.10 Å². The van der Waals surface area contributed by atoms with Gasteiger partial charge in [-0.25, -0.2) is 0 Å². The predicted octanol–water partition coefficient (Wildman–Crippen LogP) is 3.81. The van der Waals surface area contributed by atoms with Gasteiger partial charge in [0.25, 0.3) is 0 Å². The Hall–Kier alpha value is -1.64. The second-order valence-corrected chi connectivity index (χ2v) is 4.89. The molecule has 0 aromatic heterocycles. The Morgan fingerprint density at radius 2 is 1.47 bits per heavy atom. The lowest BCUT2D eigenvalue weighted by Gasteiger charge is -2.14. The van der Waals surface area contributed by atoms with Crippen LogP contribution in [-0.4, -0.2) is 17.8 Å². The van der Waals surface area contributed by atoms with Gasteiger partial charge in [0.05, 0.1) is 12.7 Å². The zero-order chi connectivity index (χ0) is 13.7. The first-order chi connectivity index (χ1) is 9.16. The fourth-order valence-corrected chi connectivity index (χ4v) is 1.91. The Bertz CT molecular complexity index is 488. The van der Waals surface area contributed by atoms with Crippen LogP contribution in [-0.2, 0) is 4.74 Å². The molecule has 1 atom stereocenters. The maximum atomic E-state index is 10.0. The van der Waals surface area contributed by atoms with Crippen molar-refractivity contribution in [1.82, 2.24) is 0 Å². The predicted molar refractivity (Wildman–Crippen MR) is 77.9 cm³/mol. The summed E-state index contributed by atoms with van der Waals surface area (Å²) in [6, 6.07) is 18.2. The van der Waals surface area contributed by atoms with Gasteiger partial charge in [-0.15, -0.1) is 0 Å². The van der Waals surface area contributed by atoms with Crippen LogP contribution in [0, 0.1) is 0 Å². The SMILES string of the molecule is CC(C)OCC(O)c1ccc(-c2ccccc2)cc1. The van der Waals surface area contributed by atoms with Crippen LogP contribution in [0.4, 0.5) is 0 Å². The Morgan fingerprint density at radius 3 is 2.05 bits per heavy atom. The van der Waals surface area contributed by atoms with Crippen molar-refractivity contribution in [3.63, 3.8) is 0 Å². The van der Waals surface area contributed by atoms with Crippen molar-refractivity contribution in [3.05, 3.63) is 60.2 Å². The molecule has 0 spiro atoms. The van der Waals surface area contributed by atoms with E-state index in [1.165, 1.54) is 5.56 Å². The molecule has 2 aromatic carbocycles. The van der Waals surface area contributed by atoms with E-state index in [2.05, 4.69) is 12.1 Å². The lowest BCUT2D eigenvalue weighted by molar-refractivity contribution is 0.00493. The summed E-state index contributed by atoms with van der Waals surface area (Å²) < 4.78 is 5.42. The fourth-order valence-electron chi connectivity index (χ4n) is 1.91. The van der Waals surface area contributed by atoms with Crippen molar-refractivity contribution in [2.75, 3.05) is 6.61 Å². The Morgan fingerprint density at radius 1 is 0.895 bits per heavy atom. The molecular formula is C17H20O2. The standard InChI is InChI=1S/C17H20O2/c1-13(2)19-12-17(18)16-10-8-15(9-11-16)14-6-4-3-5-7-14/h3-11,13,17-18H,12H2,1-2H3. The summed E-state index contributed by atoms with van der Waals surface area (Å²) in [5, 5.41) is 10.0. The molecule has 0 amide bonds. The summed E-state index contributed by atoms with van der Waals surface area (Å²) in [5.41, 5.74) is 3.23. The second-order valence-electron chi connectivity index (χ2n) is 4.89. The van der Waals surface area contributed by atoms with Crippen LogP contribution >= 0.6 is 0 Å². The van der Waals surface area contributed by atoms with Gasteiger partial charge in [-0.05, 0) is 30.5 Å². The molecule has 2 nitrogen and oxygen atoms in total. The van der Waals surface area contributed by atoms with Crippen molar-refractivity contribution in [3.8, 4) is 11.1 Å². The number of aliphatic hydroxyl groups excluding tert-OH is 1. The topological polar surface area (TPSA) is 29.5 Å². The van der Waals surface area contributed by atoms with Crippen molar-refractivity contribution in [1.29, 1.82) is 0 Å². The first kappa shape index (κ1) is 13.8. The first-order valence-corrected chi connectivity index (χ1v) is 6.62. The summed E-state index contributed by atoms with van der Waals surface area (Å²) in [6.45, 7) is 4.26. The number of rotatable bonds is 5. The fraction of sp³-hybridized carbons (Fsp3) is 0.294. The zero-order valence-corrected chi connectivity index (χ0v) is 11.4. The monoisotopic (exact) mass is 256 g/mol. The maximum Gasteiger partial charge on any atom is 0.102 e. The molecule has 100 valence electrons. The summed E-state index contributed by atoms with van der Waals surface area (Å²) in [6.07, 6.45) is -0.425.